The van der Waals surface area contributed by atoms with E-state index in [1.807, 2.05) is 12.1 Å². The minimum atomic E-state index is -2.35. The molecule has 3 heteroatoms. The summed E-state index contributed by atoms with van der Waals surface area (Å²) in [5.41, 5.74) is 22.5. The zero-order valence-corrected chi connectivity index (χ0v) is 41.5. The lowest BCUT2D eigenvalue weighted by molar-refractivity contribution is 0.331. The zero-order valence-electron chi connectivity index (χ0n) is 44.5. The summed E-state index contributed by atoms with van der Waals surface area (Å²) in [6.45, 7) is 28.7. The highest BCUT2D eigenvalue weighted by Gasteiger charge is 2.48. The molecule has 0 amide bonds. The highest BCUT2D eigenvalue weighted by Crippen LogP contribution is 2.54. The summed E-state index contributed by atoms with van der Waals surface area (Å²) in [5.74, 6) is 0. The molecule has 0 fully saturated rings. The van der Waals surface area contributed by atoms with E-state index in [1.165, 1.54) is 72.1 Å². The lowest BCUT2D eigenvalue weighted by atomic mass is 9.33. The molecule has 5 aliphatic rings. The van der Waals surface area contributed by atoms with Crippen LogP contribution in [0.15, 0.2) is 103 Å². The number of anilines is 6. The van der Waals surface area contributed by atoms with Gasteiger partial charge >= 0.3 is 0 Å². The van der Waals surface area contributed by atoms with Gasteiger partial charge in [-0.2, -0.15) is 0 Å². The molecule has 0 spiro atoms. The monoisotopic (exact) mass is 858 g/mol. The second kappa shape index (κ2) is 13.8. The minimum absolute atomic E-state index is 0.0130. The van der Waals surface area contributed by atoms with E-state index in [0.717, 1.165) is 67.0 Å². The first kappa shape index (κ1) is 39.2. The van der Waals surface area contributed by atoms with E-state index in [9.17, 15) is 4.11 Å². The van der Waals surface area contributed by atoms with Crippen LogP contribution in [-0.2, 0) is 32.5 Å². The summed E-state index contributed by atoms with van der Waals surface area (Å²) >= 11 is 0. The van der Waals surface area contributed by atoms with E-state index in [-0.39, 0.29) is 39.2 Å². The summed E-state index contributed by atoms with van der Waals surface area (Å²) in [6.07, 6.45) is 6.72. The number of nitrogens with zero attached hydrogens (tertiary/aromatic N) is 2. The molecular weight excluding hydrogens is 784 g/mol. The summed E-state index contributed by atoms with van der Waals surface area (Å²) in [5, 5.41) is 0. The van der Waals surface area contributed by atoms with Gasteiger partial charge in [-0.25, -0.2) is 0 Å². The Bertz CT molecular complexity index is 3090. The van der Waals surface area contributed by atoms with E-state index in [1.54, 1.807) is 0 Å². The number of aryl methyl sites for hydroxylation is 2. The predicted octanol–water partition coefficient (Wildman–Crippen LogP) is 15.1. The fourth-order valence-corrected chi connectivity index (χ4v) is 13.1. The molecule has 0 N–H and O–H groups in total. The molecule has 0 saturated carbocycles. The second-order valence-corrected chi connectivity index (χ2v) is 24.8. The van der Waals surface area contributed by atoms with Crippen LogP contribution >= 0.6 is 0 Å². The number of rotatable bonds is 3. The van der Waals surface area contributed by atoms with Crippen LogP contribution in [-0.4, -0.2) is 6.71 Å². The molecule has 2 aliphatic heterocycles. The van der Waals surface area contributed by atoms with Crippen molar-refractivity contribution in [2.45, 2.75) is 168 Å². The first-order chi connectivity index (χ1) is 31.7. The molecular formula is C62H71BN2. The Morgan fingerprint density at radius 1 is 0.415 bits per heavy atom. The first-order valence-electron chi connectivity index (χ1n) is 26.2. The van der Waals surface area contributed by atoms with Crippen molar-refractivity contribution in [2.75, 3.05) is 9.80 Å². The van der Waals surface area contributed by atoms with Crippen LogP contribution in [0.3, 0.4) is 0 Å². The smallest absolute Gasteiger partial charge is 0.252 e. The standard InChI is InChI=1S/C62H71BN2/c1-38-30-54-56-55(31-38)65(52-36-47-44(32-39(52)2)58(5,6)26-28-61(47,11)12)53-37-48-46(60(9,10)27-29-62(48,13)14)35-50(53)63(56)49-33-41(40-18-16-15-17-19-40)20-23-51(49)64(54)42-21-22-43-45(34-42)59(7,8)25-24-57(43,3)4/h15-23,30-37H,24-29H2,1-14H3/i1D3. The number of hydrogen-bond acceptors (Lipinski definition) is 2. The molecule has 6 aromatic carbocycles. The topological polar surface area (TPSA) is 6.48 Å². The van der Waals surface area contributed by atoms with Crippen molar-refractivity contribution in [3.05, 3.63) is 148 Å². The molecule has 332 valence electrons. The van der Waals surface area contributed by atoms with E-state index >= 15 is 0 Å². The maximum atomic E-state index is 9.18. The lowest BCUT2D eigenvalue weighted by Gasteiger charge is -2.48. The predicted molar refractivity (Wildman–Crippen MR) is 281 cm³/mol. The van der Waals surface area contributed by atoms with Crippen molar-refractivity contribution >= 4 is 57.2 Å². The van der Waals surface area contributed by atoms with Gasteiger partial charge in [-0.3, -0.25) is 0 Å². The highest BCUT2D eigenvalue weighted by molar-refractivity contribution is 7.00. The Kier molecular flexibility index (Phi) is 8.30. The maximum Gasteiger partial charge on any atom is 0.252 e. The Morgan fingerprint density at radius 3 is 1.49 bits per heavy atom. The van der Waals surface area contributed by atoms with Crippen molar-refractivity contribution in [1.82, 2.24) is 0 Å². The highest BCUT2D eigenvalue weighted by atomic mass is 15.2. The zero-order chi connectivity index (χ0) is 48.5. The van der Waals surface area contributed by atoms with Crippen LogP contribution in [0, 0.1) is 13.8 Å². The van der Waals surface area contributed by atoms with Crippen molar-refractivity contribution < 1.29 is 4.11 Å². The lowest BCUT2D eigenvalue weighted by Crippen LogP contribution is -2.62. The molecule has 0 radical (unpaired) electrons. The molecule has 2 heterocycles. The largest absolute Gasteiger partial charge is 0.311 e. The Morgan fingerprint density at radius 2 is 0.908 bits per heavy atom. The van der Waals surface area contributed by atoms with Gasteiger partial charge in [0.05, 0.1) is 0 Å². The van der Waals surface area contributed by atoms with Gasteiger partial charge < -0.3 is 9.80 Å². The fraction of sp³-hybridized carbons (Fsp3) is 0.419. The quantitative estimate of drug-likeness (QED) is 0.163. The number of benzene rings is 6. The van der Waals surface area contributed by atoms with Gasteiger partial charge in [0.15, 0.2) is 0 Å². The summed E-state index contributed by atoms with van der Waals surface area (Å²) in [7, 11) is 0. The molecule has 0 aromatic heterocycles. The van der Waals surface area contributed by atoms with Crippen LogP contribution in [0.2, 0.25) is 0 Å². The molecule has 0 saturated heterocycles. The Labute approximate surface area is 396 Å². The average Bonchev–Trinajstić information content (AvgIpc) is 3.27. The number of fused-ring (bicyclic) bond motifs is 7. The van der Waals surface area contributed by atoms with Crippen LogP contribution in [0.1, 0.15) is 170 Å². The van der Waals surface area contributed by atoms with E-state index in [0.29, 0.717) is 5.56 Å². The minimum Gasteiger partial charge on any atom is -0.311 e. The number of hydrogen-bond donors (Lipinski definition) is 0. The summed E-state index contributed by atoms with van der Waals surface area (Å²) < 4.78 is 27.6. The van der Waals surface area contributed by atoms with Gasteiger partial charge in [-0.15, -0.1) is 0 Å². The van der Waals surface area contributed by atoms with Gasteiger partial charge in [0.2, 0.25) is 0 Å². The van der Waals surface area contributed by atoms with Gasteiger partial charge in [-0.05, 0) is 199 Å². The van der Waals surface area contributed by atoms with E-state index in [2.05, 4.69) is 191 Å². The van der Waals surface area contributed by atoms with E-state index < -0.39 is 6.85 Å². The van der Waals surface area contributed by atoms with E-state index in [4.69, 9.17) is 0 Å². The molecule has 0 bridgehead atoms. The Hall–Kier alpha value is -5.02. The third-order valence-electron chi connectivity index (χ3n) is 17.7. The van der Waals surface area contributed by atoms with Crippen molar-refractivity contribution in [2.24, 2.45) is 0 Å². The van der Waals surface area contributed by atoms with Gasteiger partial charge in [0.1, 0.15) is 0 Å². The first-order valence-corrected chi connectivity index (χ1v) is 24.7. The molecule has 65 heavy (non-hydrogen) atoms. The Balaban J connectivity index is 1.29. The molecule has 0 unspecified atom stereocenters. The molecule has 3 aliphatic carbocycles. The van der Waals surface area contributed by atoms with Crippen LogP contribution in [0.4, 0.5) is 34.1 Å². The fourth-order valence-electron chi connectivity index (χ4n) is 13.1. The normalized spacial score (nSPS) is 21.6. The summed E-state index contributed by atoms with van der Waals surface area (Å²) in [6, 6.07) is 39.2. The second-order valence-electron chi connectivity index (χ2n) is 24.8. The molecule has 6 aromatic rings. The molecule has 11 rings (SSSR count). The third-order valence-corrected chi connectivity index (χ3v) is 17.7. The summed E-state index contributed by atoms with van der Waals surface area (Å²) in [4.78, 5) is 4.96. The molecule has 0 atom stereocenters. The van der Waals surface area contributed by atoms with Crippen molar-refractivity contribution in [1.29, 1.82) is 0 Å². The van der Waals surface area contributed by atoms with Crippen molar-refractivity contribution in [3.63, 3.8) is 0 Å². The van der Waals surface area contributed by atoms with Gasteiger partial charge in [0, 0.05) is 38.2 Å². The van der Waals surface area contributed by atoms with Gasteiger partial charge in [0.25, 0.3) is 6.71 Å². The van der Waals surface area contributed by atoms with Crippen molar-refractivity contribution in [3.8, 4) is 11.1 Å². The third kappa shape index (κ3) is 6.33. The SMILES string of the molecule is [2H]C([2H])([2H])c1cc2c3c(c1)N(c1cc4c(cc1C)C(C)(C)CCC4(C)C)c1cc4c(cc1B3c1cc(-c3ccccc3)ccc1N2c1ccc2c(c1)C(C)(C)CCC2(C)C)C(C)(C)CCC4(C)C. The molecule has 2 nitrogen and oxygen atoms in total. The average molecular weight is 858 g/mol. The van der Waals surface area contributed by atoms with Gasteiger partial charge in [-0.1, -0.05) is 144 Å². The van der Waals surface area contributed by atoms with Crippen LogP contribution < -0.4 is 26.2 Å². The maximum absolute atomic E-state index is 9.18. The van der Waals surface area contributed by atoms with Crippen LogP contribution in [0.5, 0.6) is 0 Å². The van der Waals surface area contributed by atoms with Crippen LogP contribution in [0.25, 0.3) is 11.1 Å².